The predicted octanol–water partition coefficient (Wildman–Crippen LogP) is 4.19. The molecule has 0 radical (unpaired) electrons. The van der Waals surface area contributed by atoms with E-state index in [1.165, 1.54) is 0 Å². The predicted molar refractivity (Wildman–Crippen MR) is 86.3 cm³/mol. The van der Waals surface area contributed by atoms with Crippen LogP contribution < -0.4 is 5.32 Å². The summed E-state index contributed by atoms with van der Waals surface area (Å²) in [4.78, 5) is 27.6. The third kappa shape index (κ3) is 2.56. The lowest BCUT2D eigenvalue weighted by Crippen LogP contribution is -2.12. The molecule has 0 saturated carbocycles. The van der Waals surface area contributed by atoms with Crippen molar-refractivity contribution in [3.05, 3.63) is 70.8 Å². The number of carbonyl (C=O) groups is 1. The normalized spacial score (nSPS) is 10.4. The third-order valence-corrected chi connectivity index (χ3v) is 3.41. The fourth-order valence-corrected chi connectivity index (χ4v) is 2.24. The Labute approximate surface area is 127 Å². The number of hydrogen-bond donors (Lipinski definition) is 1. The number of benzene rings is 2. The van der Waals surface area contributed by atoms with Gasteiger partial charge in [0.15, 0.2) is 0 Å². The lowest BCUT2D eigenvalue weighted by molar-refractivity contribution is 0.102. The molecule has 1 amide bonds. The number of hydrogen-bond acceptors (Lipinski definition) is 4. The molecule has 0 atom stereocenters. The minimum Gasteiger partial charge on any atom is -0.319 e. The second-order valence-electron chi connectivity index (χ2n) is 4.94. The molecular weight excluding hydrogens is 278 g/mol. The Bertz CT molecular complexity index is 857. The van der Waals surface area contributed by atoms with E-state index in [1.54, 1.807) is 42.6 Å². The standard InChI is InChI=1S/C17H13N3O2/c1-11-4-6-12(7-5-11)17(21)19-16-13-3-2-10-18-14(13)8-9-15(16)20-22/h2-10H,1H3,(H,19,21). The minimum atomic E-state index is -0.291. The molecule has 0 spiro atoms. The van der Waals surface area contributed by atoms with Crippen molar-refractivity contribution in [2.45, 2.75) is 6.92 Å². The summed E-state index contributed by atoms with van der Waals surface area (Å²) < 4.78 is 0. The van der Waals surface area contributed by atoms with Crippen LogP contribution in [0.5, 0.6) is 0 Å². The highest BCUT2D eigenvalue weighted by Gasteiger charge is 2.13. The van der Waals surface area contributed by atoms with E-state index in [0.29, 0.717) is 22.2 Å². The van der Waals surface area contributed by atoms with Gasteiger partial charge < -0.3 is 5.32 Å². The van der Waals surface area contributed by atoms with Gasteiger partial charge in [-0.1, -0.05) is 17.7 Å². The molecule has 0 unspecified atom stereocenters. The zero-order valence-corrected chi connectivity index (χ0v) is 11.9. The van der Waals surface area contributed by atoms with E-state index in [1.807, 2.05) is 19.1 Å². The Morgan fingerprint density at radius 2 is 1.86 bits per heavy atom. The van der Waals surface area contributed by atoms with Gasteiger partial charge in [-0.05, 0) is 48.5 Å². The van der Waals surface area contributed by atoms with Crippen molar-refractivity contribution in [2.75, 3.05) is 5.32 Å². The lowest BCUT2D eigenvalue weighted by atomic mass is 10.1. The molecule has 108 valence electrons. The number of anilines is 1. The maximum absolute atomic E-state index is 12.4. The molecule has 2 aromatic carbocycles. The van der Waals surface area contributed by atoms with E-state index in [4.69, 9.17) is 0 Å². The second-order valence-corrected chi connectivity index (χ2v) is 4.94. The van der Waals surface area contributed by atoms with Crippen LogP contribution in [-0.2, 0) is 0 Å². The largest absolute Gasteiger partial charge is 0.319 e. The van der Waals surface area contributed by atoms with Gasteiger partial charge in [-0.25, -0.2) is 0 Å². The Morgan fingerprint density at radius 3 is 2.59 bits per heavy atom. The zero-order chi connectivity index (χ0) is 15.5. The van der Waals surface area contributed by atoms with Crippen LogP contribution in [0.25, 0.3) is 10.9 Å². The highest BCUT2D eigenvalue weighted by Crippen LogP contribution is 2.32. The van der Waals surface area contributed by atoms with Crippen LogP contribution in [0.15, 0.2) is 59.9 Å². The fourth-order valence-electron chi connectivity index (χ4n) is 2.24. The molecule has 3 aromatic rings. The first kappa shape index (κ1) is 13.9. The monoisotopic (exact) mass is 291 g/mol. The topological polar surface area (TPSA) is 71.4 Å². The van der Waals surface area contributed by atoms with Gasteiger partial charge in [0.25, 0.3) is 5.91 Å². The van der Waals surface area contributed by atoms with Gasteiger partial charge in [-0.2, -0.15) is 0 Å². The first-order valence-electron chi connectivity index (χ1n) is 6.78. The molecule has 1 heterocycles. The van der Waals surface area contributed by atoms with Gasteiger partial charge in [0.1, 0.15) is 5.69 Å². The highest BCUT2D eigenvalue weighted by molar-refractivity contribution is 6.11. The summed E-state index contributed by atoms with van der Waals surface area (Å²) in [5.41, 5.74) is 2.84. The number of amides is 1. The Balaban J connectivity index is 2.04. The van der Waals surface area contributed by atoms with Crippen molar-refractivity contribution < 1.29 is 4.79 Å². The van der Waals surface area contributed by atoms with E-state index in [2.05, 4.69) is 15.5 Å². The second kappa shape index (κ2) is 5.73. The maximum Gasteiger partial charge on any atom is 0.255 e. The van der Waals surface area contributed by atoms with Crippen LogP contribution >= 0.6 is 0 Å². The van der Waals surface area contributed by atoms with Crippen molar-refractivity contribution >= 4 is 28.2 Å². The number of fused-ring (bicyclic) bond motifs is 1. The number of nitroso groups, excluding NO2 is 1. The van der Waals surface area contributed by atoms with Crippen LogP contribution in [0, 0.1) is 11.8 Å². The Kier molecular flexibility index (Phi) is 3.62. The van der Waals surface area contributed by atoms with Gasteiger partial charge in [0, 0.05) is 17.1 Å². The number of carbonyl (C=O) groups excluding carboxylic acids is 1. The highest BCUT2D eigenvalue weighted by atomic mass is 16.3. The van der Waals surface area contributed by atoms with E-state index < -0.39 is 0 Å². The molecule has 0 aliphatic carbocycles. The SMILES string of the molecule is Cc1ccc(C(=O)Nc2c(N=O)ccc3ncccc23)cc1. The molecule has 0 saturated heterocycles. The molecule has 22 heavy (non-hydrogen) atoms. The summed E-state index contributed by atoms with van der Waals surface area (Å²) >= 11 is 0. The molecule has 1 N–H and O–H groups in total. The molecular formula is C17H13N3O2. The average Bonchev–Trinajstić information content (AvgIpc) is 2.55. The number of rotatable bonds is 3. The molecule has 0 aliphatic rings. The van der Waals surface area contributed by atoms with Gasteiger partial charge in [-0.3, -0.25) is 9.78 Å². The van der Waals surface area contributed by atoms with E-state index in [-0.39, 0.29) is 11.6 Å². The van der Waals surface area contributed by atoms with E-state index in [9.17, 15) is 9.70 Å². The Morgan fingerprint density at radius 1 is 1.09 bits per heavy atom. The van der Waals surface area contributed by atoms with Crippen LogP contribution in [0.1, 0.15) is 15.9 Å². The van der Waals surface area contributed by atoms with Crippen LogP contribution in [0.4, 0.5) is 11.4 Å². The van der Waals surface area contributed by atoms with Crippen LogP contribution in [-0.4, -0.2) is 10.9 Å². The zero-order valence-electron chi connectivity index (χ0n) is 11.9. The number of pyridine rings is 1. The molecule has 5 heteroatoms. The number of aromatic nitrogens is 1. The molecule has 0 aliphatic heterocycles. The molecule has 1 aromatic heterocycles. The van der Waals surface area contributed by atoms with Crippen molar-refractivity contribution in [3.63, 3.8) is 0 Å². The summed E-state index contributed by atoms with van der Waals surface area (Å²) in [6, 6.07) is 14.0. The first-order chi connectivity index (χ1) is 10.7. The summed E-state index contributed by atoms with van der Waals surface area (Å²) in [5, 5.41) is 6.44. The fraction of sp³-hybridized carbons (Fsp3) is 0.0588. The average molecular weight is 291 g/mol. The van der Waals surface area contributed by atoms with Crippen molar-refractivity contribution in [1.82, 2.24) is 4.98 Å². The van der Waals surface area contributed by atoms with Crippen LogP contribution in [0.2, 0.25) is 0 Å². The summed E-state index contributed by atoms with van der Waals surface area (Å²) in [6.07, 6.45) is 1.65. The quantitative estimate of drug-likeness (QED) is 0.735. The molecule has 0 bridgehead atoms. The summed E-state index contributed by atoms with van der Waals surface area (Å²) in [6.45, 7) is 1.95. The van der Waals surface area contributed by atoms with Crippen molar-refractivity contribution in [2.24, 2.45) is 5.18 Å². The molecule has 5 nitrogen and oxygen atoms in total. The van der Waals surface area contributed by atoms with Crippen LogP contribution in [0.3, 0.4) is 0 Å². The molecule has 0 fully saturated rings. The van der Waals surface area contributed by atoms with Crippen molar-refractivity contribution in [1.29, 1.82) is 0 Å². The number of nitrogens with one attached hydrogen (secondary N) is 1. The van der Waals surface area contributed by atoms with Gasteiger partial charge in [-0.15, -0.1) is 4.91 Å². The number of aryl methyl sites for hydroxylation is 1. The Hall–Kier alpha value is -3.08. The van der Waals surface area contributed by atoms with Gasteiger partial charge in [0.2, 0.25) is 0 Å². The number of nitrogens with zero attached hydrogens (tertiary/aromatic N) is 2. The van der Waals surface area contributed by atoms with E-state index >= 15 is 0 Å². The smallest absolute Gasteiger partial charge is 0.255 e. The first-order valence-corrected chi connectivity index (χ1v) is 6.78. The van der Waals surface area contributed by atoms with Crippen molar-refractivity contribution in [3.8, 4) is 0 Å². The minimum absolute atomic E-state index is 0.181. The summed E-state index contributed by atoms with van der Waals surface area (Å²) in [5.74, 6) is -0.291. The lowest BCUT2D eigenvalue weighted by Gasteiger charge is -2.10. The van der Waals surface area contributed by atoms with Gasteiger partial charge >= 0.3 is 0 Å². The van der Waals surface area contributed by atoms with E-state index in [0.717, 1.165) is 5.56 Å². The van der Waals surface area contributed by atoms with Gasteiger partial charge in [0.05, 0.1) is 11.2 Å². The molecule has 3 rings (SSSR count). The maximum atomic E-state index is 12.4. The third-order valence-electron chi connectivity index (χ3n) is 3.41. The summed E-state index contributed by atoms with van der Waals surface area (Å²) in [7, 11) is 0.